The van der Waals surface area contributed by atoms with E-state index in [9.17, 15) is 9.59 Å². The number of pyridine rings is 2. The molecule has 164 valence electrons. The molecule has 0 bridgehead atoms. The SMILES string of the molecule is Cc1onc2c1c(=O)n(C1CCCC(CNC(=O)c3ccncc3)C1)c1cccc(Cl)c21. The van der Waals surface area contributed by atoms with Crippen molar-refractivity contribution >= 4 is 39.3 Å². The van der Waals surface area contributed by atoms with Crippen molar-refractivity contribution in [1.29, 1.82) is 0 Å². The predicted molar refractivity (Wildman–Crippen MR) is 123 cm³/mol. The Bertz CT molecular complexity index is 1360. The molecular formula is C24H23ClN4O3. The molecule has 1 aromatic carbocycles. The molecule has 1 fully saturated rings. The largest absolute Gasteiger partial charge is 0.360 e. The van der Waals surface area contributed by atoms with Crippen molar-refractivity contribution in [3.8, 4) is 0 Å². The zero-order valence-electron chi connectivity index (χ0n) is 17.7. The van der Waals surface area contributed by atoms with Crippen molar-refractivity contribution in [2.75, 3.05) is 6.54 Å². The second-order valence-electron chi connectivity index (χ2n) is 8.40. The molecule has 0 spiro atoms. The number of carbonyl (C=O) groups is 1. The van der Waals surface area contributed by atoms with Crippen LogP contribution in [0.3, 0.4) is 0 Å². The van der Waals surface area contributed by atoms with Gasteiger partial charge in [0.1, 0.15) is 16.7 Å². The Morgan fingerprint density at radius 1 is 1.22 bits per heavy atom. The molecule has 32 heavy (non-hydrogen) atoms. The molecule has 0 saturated heterocycles. The minimum Gasteiger partial charge on any atom is -0.360 e. The van der Waals surface area contributed by atoms with Gasteiger partial charge in [-0.15, -0.1) is 0 Å². The Morgan fingerprint density at radius 3 is 2.84 bits per heavy atom. The van der Waals surface area contributed by atoms with Crippen LogP contribution in [0.2, 0.25) is 5.02 Å². The molecule has 4 aromatic rings. The van der Waals surface area contributed by atoms with E-state index in [-0.39, 0.29) is 23.4 Å². The summed E-state index contributed by atoms with van der Waals surface area (Å²) in [7, 11) is 0. The predicted octanol–water partition coefficient (Wildman–Crippen LogP) is 4.66. The number of hydrogen-bond acceptors (Lipinski definition) is 5. The molecule has 2 atom stereocenters. The number of halogens is 1. The molecule has 2 unspecified atom stereocenters. The van der Waals surface area contributed by atoms with Gasteiger partial charge in [0.15, 0.2) is 0 Å². The topological polar surface area (TPSA) is 90.0 Å². The first-order chi connectivity index (χ1) is 15.5. The van der Waals surface area contributed by atoms with Gasteiger partial charge < -0.3 is 14.4 Å². The van der Waals surface area contributed by atoms with E-state index in [1.807, 2.05) is 16.7 Å². The van der Waals surface area contributed by atoms with Gasteiger partial charge in [-0.25, -0.2) is 0 Å². The summed E-state index contributed by atoms with van der Waals surface area (Å²) in [4.78, 5) is 29.9. The number of benzene rings is 1. The van der Waals surface area contributed by atoms with Crippen molar-refractivity contribution < 1.29 is 9.32 Å². The highest BCUT2D eigenvalue weighted by Crippen LogP contribution is 2.36. The molecule has 3 aromatic heterocycles. The van der Waals surface area contributed by atoms with Crippen molar-refractivity contribution in [1.82, 2.24) is 20.0 Å². The number of nitrogens with zero attached hydrogens (tertiary/aromatic N) is 3. The number of nitrogens with one attached hydrogen (secondary N) is 1. The monoisotopic (exact) mass is 450 g/mol. The number of fused-ring (bicyclic) bond motifs is 3. The van der Waals surface area contributed by atoms with Gasteiger partial charge >= 0.3 is 0 Å². The molecule has 7 nitrogen and oxygen atoms in total. The van der Waals surface area contributed by atoms with Gasteiger partial charge in [0, 0.05) is 35.9 Å². The van der Waals surface area contributed by atoms with Crippen LogP contribution < -0.4 is 10.9 Å². The highest BCUT2D eigenvalue weighted by molar-refractivity contribution is 6.37. The Kier molecular flexibility index (Phi) is 5.43. The zero-order chi connectivity index (χ0) is 22.2. The number of carbonyl (C=O) groups excluding carboxylic acids is 1. The second-order valence-corrected chi connectivity index (χ2v) is 8.81. The minimum absolute atomic E-state index is 0.0127. The molecule has 1 N–H and O–H groups in total. The maximum Gasteiger partial charge on any atom is 0.264 e. The first-order valence-electron chi connectivity index (χ1n) is 10.8. The fourth-order valence-corrected chi connectivity index (χ4v) is 5.12. The van der Waals surface area contributed by atoms with Gasteiger partial charge in [-0.1, -0.05) is 29.2 Å². The first-order valence-corrected chi connectivity index (χ1v) is 11.2. The van der Waals surface area contributed by atoms with Crippen LogP contribution in [0.25, 0.3) is 21.8 Å². The molecule has 8 heteroatoms. The molecule has 3 heterocycles. The summed E-state index contributed by atoms with van der Waals surface area (Å²) in [5, 5.41) is 8.93. The summed E-state index contributed by atoms with van der Waals surface area (Å²) in [5.41, 5.74) is 1.79. The number of hydrogen-bond donors (Lipinski definition) is 1. The molecule has 5 rings (SSSR count). The van der Waals surface area contributed by atoms with Crippen molar-refractivity contribution in [2.45, 2.75) is 38.6 Å². The average molecular weight is 451 g/mol. The highest BCUT2D eigenvalue weighted by Gasteiger charge is 2.28. The smallest absolute Gasteiger partial charge is 0.264 e. The van der Waals surface area contributed by atoms with E-state index in [0.29, 0.717) is 33.8 Å². The summed E-state index contributed by atoms with van der Waals surface area (Å²) < 4.78 is 7.22. The fourth-order valence-electron chi connectivity index (χ4n) is 4.86. The summed E-state index contributed by atoms with van der Waals surface area (Å²) in [5.74, 6) is 0.669. The number of aryl methyl sites for hydroxylation is 1. The Labute approximate surface area is 189 Å². The fraction of sp³-hybridized carbons (Fsp3) is 0.333. The van der Waals surface area contributed by atoms with Gasteiger partial charge in [-0.05, 0) is 56.4 Å². The molecule has 0 aliphatic heterocycles. The third-order valence-corrected chi connectivity index (χ3v) is 6.71. The van der Waals surface area contributed by atoms with Crippen LogP contribution >= 0.6 is 11.6 Å². The molecular weight excluding hydrogens is 428 g/mol. The lowest BCUT2D eigenvalue weighted by Crippen LogP contribution is -2.34. The highest BCUT2D eigenvalue weighted by atomic mass is 35.5. The van der Waals surface area contributed by atoms with Crippen LogP contribution in [0.15, 0.2) is 52.0 Å². The quantitative estimate of drug-likeness (QED) is 0.488. The maximum atomic E-state index is 13.5. The summed E-state index contributed by atoms with van der Waals surface area (Å²) in [6.07, 6.45) is 6.90. The lowest BCUT2D eigenvalue weighted by atomic mass is 9.85. The van der Waals surface area contributed by atoms with Crippen LogP contribution in [0.5, 0.6) is 0 Å². The third kappa shape index (κ3) is 3.56. The van der Waals surface area contributed by atoms with E-state index in [0.717, 1.165) is 36.6 Å². The van der Waals surface area contributed by atoms with E-state index < -0.39 is 0 Å². The van der Waals surface area contributed by atoms with E-state index in [4.69, 9.17) is 16.1 Å². The summed E-state index contributed by atoms with van der Waals surface area (Å²) in [6, 6.07) is 8.99. The molecule has 1 aliphatic rings. The van der Waals surface area contributed by atoms with Crippen LogP contribution in [-0.4, -0.2) is 27.2 Å². The lowest BCUT2D eigenvalue weighted by molar-refractivity contribution is 0.0940. The number of aromatic nitrogens is 3. The van der Waals surface area contributed by atoms with Crippen molar-refractivity contribution in [3.05, 3.63) is 69.4 Å². The first kappa shape index (κ1) is 20.7. The van der Waals surface area contributed by atoms with Gasteiger partial charge in [0.05, 0.1) is 10.5 Å². The van der Waals surface area contributed by atoms with Gasteiger partial charge in [0.25, 0.3) is 11.5 Å². The molecule has 0 radical (unpaired) electrons. The molecule has 1 saturated carbocycles. The Balaban J connectivity index is 1.46. The summed E-state index contributed by atoms with van der Waals surface area (Å²) >= 11 is 6.53. The minimum atomic E-state index is -0.106. The third-order valence-electron chi connectivity index (χ3n) is 6.40. The lowest BCUT2D eigenvalue weighted by Gasteiger charge is -2.31. The van der Waals surface area contributed by atoms with Crippen molar-refractivity contribution in [3.63, 3.8) is 0 Å². The second kappa shape index (κ2) is 8.39. The molecule has 1 aliphatic carbocycles. The standard InChI is InChI=1S/C24H23ClN4O3/c1-14-20-22(28-32-14)21-18(25)6-3-7-19(21)29(24(20)31)17-5-2-4-15(12-17)13-27-23(30)16-8-10-26-11-9-16/h3,6-11,15,17H,2,4-5,12-13H2,1H3,(H,27,30). The normalized spacial score (nSPS) is 18.8. The van der Waals surface area contributed by atoms with E-state index in [1.165, 1.54) is 0 Å². The van der Waals surface area contributed by atoms with E-state index in [1.54, 1.807) is 37.5 Å². The summed E-state index contributed by atoms with van der Waals surface area (Å²) in [6.45, 7) is 2.32. The van der Waals surface area contributed by atoms with Crippen LogP contribution in [0.1, 0.15) is 47.8 Å². The molecule has 1 amide bonds. The van der Waals surface area contributed by atoms with E-state index >= 15 is 0 Å². The van der Waals surface area contributed by atoms with Crippen molar-refractivity contribution in [2.24, 2.45) is 5.92 Å². The van der Waals surface area contributed by atoms with Gasteiger partial charge in [-0.3, -0.25) is 14.6 Å². The zero-order valence-corrected chi connectivity index (χ0v) is 18.4. The maximum absolute atomic E-state index is 13.5. The van der Waals surface area contributed by atoms with Gasteiger partial charge in [0.2, 0.25) is 0 Å². The number of rotatable bonds is 4. The Hall–Kier alpha value is -3.19. The number of amides is 1. The Morgan fingerprint density at radius 2 is 2.03 bits per heavy atom. The van der Waals surface area contributed by atoms with Crippen LogP contribution in [0.4, 0.5) is 0 Å². The van der Waals surface area contributed by atoms with Gasteiger partial charge in [-0.2, -0.15) is 0 Å². The van der Waals surface area contributed by atoms with E-state index in [2.05, 4.69) is 15.5 Å². The van der Waals surface area contributed by atoms with Crippen LogP contribution in [0, 0.1) is 12.8 Å². The average Bonchev–Trinajstić information content (AvgIpc) is 3.20. The van der Waals surface area contributed by atoms with Crippen LogP contribution in [-0.2, 0) is 0 Å².